The number of hydrogen-bond donors (Lipinski definition) is 0. The van der Waals surface area contributed by atoms with Gasteiger partial charge >= 0.3 is 0 Å². The molecular formula is C20H20N2. The second-order valence-electron chi connectivity index (χ2n) is 5.50. The van der Waals surface area contributed by atoms with E-state index in [0.29, 0.717) is 0 Å². The summed E-state index contributed by atoms with van der Waals surface area (Å²) < 4.78 is 0. The molecule has 0 radical (unpaired) electrons. The summed E-state index contributed by atoms with van der Waals surface area (Å²) in [5.74, 6) is 0. The maximum atomic E-state index is 4.53. The van der Waals surface area contributed by atoms with Crippen LogP contribution in [0.2, 0.25) is 0 Å². The molecule has 2 aromatic carbocycles. The van der Waals surface area contributed by atoms with Gasteiger partial charge in [-0.15, -0.1) is 0 Å². The van der Waals surface area contributed by atoms with E-state index in [-0.39, 0.29) is 0 Å². The van der Waals surface area contributed by atoms with Crippen LogP contribution >= 0.6 is 0 Å². The Balaban J connectivity index is 1.64. The summed E-state index contributed by atoms with van der Waals surface area (Å²) in [7, 11) is 2.08. The van der Waals surface area contributed by atoms with Crippen molar-refractivity contribution in [1.29, 1.82) is 0 Å². The molecule has 22 heavy (non-hydrogen) atoms. The minimum Gasteiger partial charge on any atom is -0.376 e. The van der Waals surface area contributed by atoms with Crippen LogP contribution < -0.4 is 0 Å². The highest BCUT2D eigenvalue weighted by Gasteiger charge is 1.99. The van der Waals surface area contributed by atoms with Crippen LogP contribution in [-0.4, -0.2) is 31.3 Å². The van der Waals surface area contributed by atoms with Gasteiger partial charge in [0, 0.05) is 26.0 Å². The molecule has 2 nitrogen and oxygen atoms in total. The van der Waals surface area contributed by atoms with Crippen molar-refractivity contribution in [1.82, 2.24) is 4.90 Å². The zero-order valence-electron chi connectivity index (χ0n) is 12.8. The maximum Gasteiger partial charge on any atom is 0.0653 e. The van der Waals surface area contributed by atoms with Crippen molar-refractivity contribution in [2.45, 2.75) is 0 Å². The summed E-state index contributed by atoms with van der Waals surface area (Å²) in [4.78, 5) is 6.70. The van der Waals surface area contributed by atoms with Gasteiger partial charge in [-0.2, -0.15) is 0 Å². The fraction of sp³-hybridized carbons (Fsp3) is 0.150. The van der Waals surface area contributed by atoms with Gasteiger partial charge in [-0.3, -0.25) is 4.99 Å². The summed E-state index contributed by atoms with van der Waals surface area (Å²) in [6, 6.07) is 18.9. The zero-order chi connectivity index (χ0) is 15.2. The Kier molecular flexibility index (Phi) is 4.50. The molecule has 1 aliphatic heterocycles. The molecular weight excluding hydrogens is 268 g/mol. The molecule has 3 rings (SSSR count). The summed E-state index contributed by atoms with van der Waals surface area (Å²) in [5, 5.41) is 0. The van der Waals surface area contributed by atoms with Crippen molar-refractivity contribution in [3.05, 3.63) is 84.1 Å². The smallest absolute Gasteiger partial charge is 0.0653 e. The Morgan fingerprint density at radius 2 is 1.73 bits per heavy atom. The first-order valence-corrected chi connectivity index (χ1v) is 7.54. The van der Waals surface area contributed by atoms with Crippen molar-refractivity contribution in [2.75, 3.05) is 20.1 Å². The van der Waals surface area contributed by atoms with Crippen molar-refractivity contribution < 1.29 is 0 Å². The van der Waals surface area contributed by atoms with Gasteiger partial charge in [-0.1, -0.05) is 66.7 Å². The van der Waals surface area contributed by atoms with Gasteiger partial charge in [-0.25, -0.2) is 0 Å². The van der Waals surface area contributed by atoms with Crippen LogP contribution in [0.15, 0.2) is 83.5 Å². The Hall–Kier alpha value is -2.61. The monoisotopic (exact) mass is 288 g/mol. The molecule has 0 spiro atoms. The van der Waals surface area contributed by atoms with Gasteiger partial charge in [0.15, 0.2) is 0 Å². The lowest BCUT2D eigenvalue weighted by Crippen LogP contribution is -2.14. The number of aliphatic imine (C=N–C) groups is 1. The van der Waals surface area contributed by atoms with Gasteiger partial charge in [0.05, 0.1) is 6.54 Å². The van der Waals surface area contributed by atoms with Gasteiger partial charge in [0.1, 0.15) is 0 Å². The molecule has 0 aliphatic carbocycles. The molecule has 0 fully saturated rings. The minimum absolute atomic E-state index is 0.723. The van der Waals surface area contributed by atoms with Gasteiger partial charge in [0.25, 0.3) is 0 Å². The van der Waals surface area contributed by atoms with Crippen molar-refractivity contribution in [3.8, 4) is 11.1 Å². The lowest BCUT2D eigenvalue weighted by Gasteiger charge is -2.16. The second kappa shape index (κ2) is 6.90. The largest absolute Gasteiger partial charge is 0.376 e. The van der Waals surface area contributed by atoms with Crippen LogP contribution in [0.3, 0.4) is 0 Å². The summed E-state index contributed by atoms with van der Waals surface area (Å²) in [5.41, 5.74) is 4.85. The molecule has 0 bridgehead atoms. The third kappa shape index (κ3) is 3.73. The van der Waals surface area contributed by atoms with Crippen LogP contribution in [0.25, 0.3) is 11.1 Å². The van der Waals surface area contributed by atoms with E-state index in [1.807, 2.05) is 12.3 Å². The van der Waals surface area contributed by atoms with Gasteiger partial charge in [0.2, 0.25) is 0 Å². The van der Waals surface area contributed by atoms with Crippen molar-refractivity contribution >= 4 is 6.21 Å². The fourth-order valence-corrected chi connectivity index (χ4v) is 2.49. The normalized spacial score (nSPS) is 14.4. The predicted molar refractivity (Wildman–Crippen MR) is 94.2 cm³/mol. The molecule has 0 unspecified atom stereocenters. The molecule has 1 heterocycles. The van der Waals surface area contributed by atoms with E-state index in [1.54, 1.807) is 0 Å². The van der Waals surface area contributed by atoms with Crippen LogP contribution in [0.1, 0.15) is 5.56 Å². The van der Waals surface area contributed by atoms with Crippen LogP contribution in [0.4, 0.5) is 0 Å². The van der Waals surface area contributed by atoms with Gasteiger partial charge in [-0.05, 0) is 22.3 Å². The average Bonchev–Trinajstić information content (AvgIpc) is 2.56. The third-order valence-corrected chi connectivity index (χ3v) is 3.64. The van der Waals surface area contributed by atoms with E-state index in [1.165, 1.54) is 16.7 Å². The highest BCUT2D eigenvalue weighted by Crippen LogP contribution is 2.18. The second-order valence-corrected chi connectivity index (χ2v) is 5.50. The molecule has 2 heteroatoms. The Morgan fingerprint density at radius 1 is 1.00 bits per heavy atom. The number of nitrogens with zero attached hydrogens (tertiary/aromatic N) is 2. The maximum absolute atomic E-state index is 4.53. The number of benzene rings is 2. The van der Waals surface area contributed by atoms with E-state index >= 15 is 0 Å². The van der Waals surface area contributed by atoms with Crippen LogP contribution in [0, 0.1) is 0 Å². The van der Waals surface area contributed by atoms with E-state index in [9.17, 15) is 0 Å². The molecule has 2 aromatic rings. The molecule has 0 amide bonds. The Bertz CT molecular complexity index is 694. The lowest BCUT2D eigenvalue weighted by atomic mass is 10.0. The van der Waals surface area contributed by atoms with Crippen molar-refractivity contribution in [2.24, 2.45) is 4.99 Å². The topological polar surface area (TPSA) is 15.6 Å². The predicted octanol–water partition coefficient (Wildman–Crippen LogP) is 4.16. The molecule has 0 atom stereocenters. The zero-order valence-corrected chi connectivity index (χ0v) is 12.8. The number of hydrogen-bond acceptors (Lipinski definition) is 2. The minimum atomic E-state index is 0.723. The van der Waals surface area contributed by atoms with Gasteiger partial charge < -0.3 is 4.90 Å². The number of rotatable bonds is 4. The standard InChI is InChI=1S/C20H20N2/c1-22-13-5-6-18(16-22)15-21-14-17-9-11-20(12-10-17)19-7-3-2-4-8-19/h2-12,14,16H,13,15H2,1H3. The summed E-state index contributed by atoms with van der Waals surface area (Å²) in [6.45, 7) is 1.70. The molecule has 0 saturated carbocycles. The molecule has 0 N–H and O–H groups in total. The van der Waals surface area contributed by atoms with Crippen LogP contribution in [0.5, 0.6) is 0 Å². The Morgan fingerprint density at radius 3 is 2.45 bits per heavy atom. The number of likely N-dealkylation sites (N-methyl/N-ethyl adjacent to an activating group) is 1. The van der Waals surface area contributed by atoms with E-state index in [4.69, 9.17) is 0 Å². The SMILES string of the molecule is CN1C=C(CN=Cc2ccc(-c3ccccc3)cc2)C=CC1. The van der Waals surface area contributed by atoms with E-state index in [0.717, 1.165) is 18.7 Å². The van der Waals surface area contributed by atoms with E-state index in [2.05, 4.69) is 83.8 Å². The Labute approximate surface area is 132 Å². The van der Waals surface area contributed by atoms with Crippen molar-refractivity contribution in [3.63, 3.8) is 0 Å². The molecule has 110 valence electrons. The molecule has 0 aromatic heterocycles. The summed E-state index contributed by atoms with van der Waals surface area (Å²) >= 11 is 0. The first-order chi connectivity index (χ1) is 10.8. The average molecular weight is 288 g/mol. The lowest BCUT2D eigenvalue weighted by molar-refractivity contribution is 0.499. The molecule has 0 saturated heterocycles. The first-order valence-electron chi connectivity index (χ1n) is 7.54. The quantitative estimate of drug-likeness (QED) is 0.771. The van der Waals surface area contributed by atoms with Crippen LogP contribution in [-0.2, 0) is 0 Å². The summed E-state index contributed by atoms with van der Waals surface area (Å²) in [6.07, 6.45) is 8.41. The highest BCUT2D eigenvalue weighted by molar-refractivity contribution is 5.81. The fourth-order valence-electron chi connectivity index (χ4n) is 2.49. The third-order valence-electron chi connectivity index (χ3n) is 3.64. The van der Waals surface area contributed by atoms with E-state index < -0.39 is 0 Å². The highest BCUT2D eigenvalue weighted by atomic mass is 15.1. The molecule has 1 aliphatic rings. The first kappa shape index (κ1) is 14.3.